The van der Waals surface area contributed by atoms with Gasteiger partial charge in [-0.25, -0.2) is 4.68 Å². The van der Waals surface area contributed by atoms with Crippen LogP contribution >= 0.6 is 0 Å². The van der Waals surface area contributed by atoms with Gasteiger partial charge in [0.2, 0.25) is 0 Å². The van der Waals surface area contributed by atoms with Crippen molar-refractivity contribution in [1.82, 2.24) is 15.0 Å². The molecular formula is C13H15N3O4. The van der Waals surface area contributed by atoms with Crippen LogP contribution in [-0.2, 0) is 11.3 Å². The first-order valence-electron chi connectivity index (χ1n) is 6.59. The number of carboxylic acid groups (broad SMARTS) is 1. The van der Waals surface area contributed by atoms with Crippen molar-refractivity contribution in [3.05, 3.63) is 12.1 Å². The van der Waals surface area contributed by atoms with Gasteiger partial charge >= 0.3 is 5.97 Å². The van der Waals surface area contributed by atoms with Gasteiger partial charge in [0.1, 0.15) is 18.7 Å². The van der Waals surface area contributed by atoms with Crippen molar-refractivity contribution in [2.45, 2.75) is 25.8 Å². The van der Waals surface area contributed by atoms with Crippen LogP contribution in [0, 0.1) is 0 Å². The third-order valence-electron chi connectivity index (χ3n) is 3.19. The predicted molar refractivity (Wildman–Crippen MR) is 70.0 cm³/mol. The van der Waals surface area contributed by atoms with Crippen molar-refractivity contribution in [2.24, 2.45) is 0 Å². The van der Waals surface area contributed by atoms with Gasteiger partial charge in [0.05, 0.1) is 5.52 Å². The first-order chi connectivity index (χ1) is 9.74. The molecule has 7 heteroatoms. The second-order valence-corrected chi connectivity index (χ2v) is 4.65. The lowest BCUT2D eigenvalue weighted by molar-refractivity contribution is -0.137. The van der Waals surface area contributed by atoms with Crippen LogP contribution in [-0.4, -0.2) is 39.3 Å². The van der Waals surface area contributed by atoms with E-state index in [2.05, 4.69) is 10.3 Å². The number of unbranched alkanes of at least 4 members (excludes halogenated alkanes) is 1. The fraction of sp³-hybridized carbons (Fsp3) is 0.462. The summed E-state index contributed by atoms with van der Waals surface area (Å²) in [6.07, 6.45) is 1.55. The first-order valence-corrected chi connectivity index (χ1v) is 6.59. The number of aryl methyl sites for hydroxylation is 1. The molecule has 1 aliphatic heterocycles. The Hall–Kier alpha value is -2.31. The summed E-state index contributed by atoms with van der Waals surface area (Å²) < 4.78 is 12.8. The van der Waals surface area contributed by atoms with Crippen LogP contribution in [0.3, 0.4) is 0 Å². The number of hydrogen-bond donors (Lipinski definition) is 1. The molecule has 1 aromatic heterocycles. The van der Waals surface area contributed by atoms with Gasteiger partial charge in [-0.05, 0) is 12.8 Å². The lowest BCUT2D eigenvalue weighted by atomic mass is 10.2. The van der Waals surface area contributed by atoms with Gasteiger partial charge in [0.15, 0.2) is 11.5 Å². The van der Waals surface area contributed by atoms with Gasteiger partial charge < -0.3 is 14.6 Å². The van der Waals surface area contributed by atoms with Gasteiger partial charge in [-0.3, -0.25) is 4.79 Å². The van der Waals surface area contributed by atoms with E-state index >= 15 is 0 Å². The van der Waals surface area contributed by atoms with Crippen molar-refractivity contribution in [3.8, 4) is 11.5 Å². The highest BCUT2D eigenvalue weighted by atomic mass is 16.6. The number of carbonyl (C=O) groups is 1. The highest BCUT2D eigenvalue weighted by Crippen LogP contribution is 2.33. The van der Waals surface area contributed by atoms with Gasteiger partial charge in [-0.2, -0.15) is 0 Å². The molecule has 2 aromatic rings. The summed E-state index contributed by atoms with van der Waals surface area (Å²) in [6, 6.07) is 3.70. The van der Waals surface area contributed by atoms with Crippen molar-refractivity contribution in [1.29, 1.82) is 0 Å². The Morgan fingerprint density at radius 1 is 1.25 bits per heavy atom. The average molecular weight is 277 g/mol. The SMILES string of the molecule is O=C(O)CCCCn1nnc2cc3c(cc21)OCCO3. The summed E-state index contributed by atoms with van der Waals surface area (Å²) in [6.45, 7) is 1.73. The Morgan fingerprint density at radius 3 is 2.75 bits per heavy atom. The van der Waals surface area contributed by atoms with Crippen LogP contribution in [0.15, 0.2) is 12.1 Å². The number of aromatic nitrogens is 3. The molecule has 0 radical (unpaired) electrons. The molecule has 20 heavy (non-hydrogen) atoms. The second-order valence-electron chi connectivity index (χ2n) is 4.65. The summed E-state index contributed by atoms with van der Waals surface area (Å²) >= 11 is 0. The molecule has 0 atom stereocenters. The van der Waals surface area contributed by atoms with Gasteiger partial charge in [0.25, 0.3) is 0 Å². The minimum atomic E-state index is -0.770. The number of carboxylic acids is 1. The number of benzene rings is 1. The zero-order valence-corrected chi connectivity index (χ0v) is 10.9. The van der Waals surface area contributed by atoms with Crippen molar-refractivity contribution in [3.63, 3.8) is 0 Å². The molecule has 1 aliphatic rings. The quantitative estimate of drug-likeness (QED) is 0.832. The molecule has 0 bridgehead atoms. The summed E-state index contributed by atoms with van der Waals surface area (Å²) in [5.41, 5.74) is 1.64. The molecule has 0 saturated heterocycles. The highest BCUT2D eigenvalue weighted by Gasteiger charge is 2.15. The molecule has 0 amide bonds. The summed E-state index contributed by atoms with van der Waals surface area (Å²) in [7, 11) is 0. The highest BCUT2D eigenvalue weighted by molar-refractivity contribution is 5.79. The Morgan fingerprint density at radius 2 is 2.00 bits per heavy atom. The fourth-order valence-corrected chi connectivity index (χ4v) is 2.21. The second kappa shape index (κ2) is 5.36. The number of nitrogens with zero attached hydrogens (tertiary/aromatic N) is 3. The minimum Gasteiger partial charge on any atom is -0.486 e. The van der Waals surface area contributed by atoms with E-state index in [1.54, 1.807) is 4.68 Å². The standard InChI is InChI=1S/C13H15N3O4/c17-13(18)3-1-2-4-16-10-8-12-11(19-5-6-20-12)7-9(10)14-15-16/h7-8H,1-6H2,(H,17,18). The van der Waals surface area contributed by atoms with E-state index in [-0.39, 0.29) is 6.42 Å². The summed E-state index contributed by atoms with van der Waals surface area (Å²) in [5.74, 6) is 0.632. The molecule has 1 aromatic carbocycles. The topological polar surface area (TPSA) is 86.5 Å². The lowest BCUT2D eigenvalue weighted by Crippen LogP contribution is -2.15. The van der Waals surface area contributed by atoms with Gasteiger partial charge in [-0.15, -0.1) is 5.10 Å². The predicted octanol–water partition coefficient (Wildman–Crippen LogP) is 1.46. The van der Waals surface area contributed by atoms with Crippen LogP contribution in [0.5, 0.6) is 11.5 Å². The molecule has 0 fully saturated rings. The molecule has 2 heterocycles. The Balaban J connectivity index is 1.76. The minimum absolute atomic E-state index is 0.180. The Bertz CT molecular complexity index is 638. The van der Waals surface area contributed by atoms with Crippen LogP contribution in [0.1, 0.15) is 19.3 Å². The fourth-order valence-electron chi connectivity index (χ4n) is 2.21. The van der Waals surface area contributed by atoms with Crippen molar-refractivity contribution >= 4 is 17.0 Å². The van der Waals surface area contributed by atoms with E-state index in [0.717, 1.165) is 17.5 Å². The molecule has 7 nitrogen and oxygen atoms in total. The van der Waals surface area contributed by atoms with Crippen LogP contribution in [0.25, 0.3) is 11.0 Å². The monoisotopic (exact) mass is 277 g/mol. The zero-order valence-electron chi connectivity index (χ0n) is 10.9. The maximum atomic E-state index is 10.5. The number of fused-ring (bicyclic) bond motifs is 2. The van der Waals surface area contributed by atoms with Crippen molar-refractivity contribution in [2.75, 3.05) is 13.2 Å². The normalized spacial score (nSPS) is 13.6. The third kappa shape index (κ3) is 2.52. The summed E-state index contributed by atoms with van der Waals surface area (Å²) in [5, 5.41) is 16.8. The smallest absolute Gasteiger partial charge is 0.303 e. The first kappa shape index (κ1) is 12.7. The molecular weight excluding hydrogens is 262 g/mol. The number of ether oxygens (including phenoxy) is 2. The molecule has 3 rings (SSSR count). The number of aliphatic carboxylic acids is 1. The van der Waals surface area contributed by atoms with Crippen LogP contribution in [0.2, 0.25) is 0 Å². The van der Waals surface area contributed by atoms with Crippen molar-refractivity contribution < 1.29 is 19.4 Å². The molecule has 0 unspecified atom stereocenters. The Kier molecular flexibility index (Phi) is 3.41. The zero-order chi connectivity index (χ0) is 13.9. The molecule has 1 N–H and O–H groups in total. The van der Waals surface area contributed by atoms with Crippen LogP contribution < -0.4 is 9.47 Å². The molecule has 0 aliphatic carbocycles. The summed E-state index contributed by atoms with van der Waals surface area (Å²) in [4.78, 5) is 10.5. The lowest BCUT2D eigenvalue weighted by Gasteiger charge is -2.17. The van der Waals surface area contributed by atoms with E-state index in [0.29, 0.717) is 37.7 Å². The average Bonchev–Trinajstić information content (AvgIpc) is 2.83. The van der Waals surface area contributed by atoms with Crippen LogP contribution in [0.4, 0.5) is 0 Å². The maximum Gasteiger partial charge on any atom is 0.303 e. The molecule has 0 saturated carbocycles. The van der Waals surface area contributed by atoms with E-state index in [1.165, 1.54) is 0 Å². The van der Waals surface area contributed by atoms with Gasteiger partial charge in [-0.1, -0.05) is 5.21 Å². The van der Waals surface area contributed by atoms with E-state index < -0.39 is 5.97 Å². The molecule has 0 spiro atoms. The largest absolute Gasteiger partial charge is 0.486 e. The van der Waals surface area contributed by atoms with Gasteiger partial charge in [0, 0.05) is 25.1 Å². The maximum absolute atomic E-state index is 10.5. The van der Waals surface area contributed by atoms with E-state index in [1.807, 2.05) is 12.1 Å². The van der Waals surface area contributed by atoms with E-state index in [4.69, 9.17) is 14.6 Å². The number of rotatable bonds is 5. The molecule has 106 valence electrons. The van der Waals surface area contributed by atoms with E-state index in [9.17, 15) is 4.79 Å². The Labute approximate surface area is 115 Å². The third-order valence-corrected chi connectivity index (χ3v) is 3.19. The number of hydrogen-bond acceptors (Lipinski definition) is 5.